The second-order valence-corrected chi connectivity index (χ2v) is 5.99. The van der Waals surface area contributed by atoms with Gasteiger partial charge in [0.1, 0.15) is 0 Å². The van der Waals surface area contributed by atoms with Crippen molar-refractivity contribution >= 4 is 9.84 Å². The molecule has 94 valence electrons. The number of aliphatic hydroxyl groups excluding tert-OH is 1. The minimum Gasteiger partial charge on any atom is -0.392 e. The van der Waals surface area contributed by atoms with Crippen LogP contribution < -0.4 is 0 Å². The summed E-state index contributed by atoms with van der Waals surface area (Å²) in [5.41, 5.74) is 1.29. The van der Waals surface area contributed by atoms with Gasteiger partial charge in [0.2, 0.25) is 0 Å². The summed E-state index contributed by atoms with van der Waals surface area (Å²) >= 11 is 0. The van der Waals surface area contributed by atoms with E-state index in [2.05, 4.69) is 0 Å². The van der Waals surface area contributed by atoms with E-state index in [0.717, 1.165) is 0 Å². The molecule has 2 aromatic carbocycles. The lowest BCUT2D eigenvalue weighted by Gasteiger charge is -2.08. The van der Waals surface area contributed by atoms with Crippen LogP contribution in [0.4, 0.5) is 0 Å². The first kappa shape index (κ1) is 12.8. The first-order valence-electron chi connectivity index (χ1n) is 5.59. The van der Waals surface area contributed by atoms with Gasteiger partial charge in [0.25, 0.3) is 0 Å². The molecule has 0 bridgehead atoms. The van der Waals surface area contributed by atoms with Gasteiger partial charge in [-0.2, -0.15) is 0 Å². The Hall–Kier alpha value is -1.65. The Morgan fingerprint density at radius 2 is 1.39 bits per heavy atom. The van der Waals surface area contributed by atoms with E-state index in [-0.39, 0.29) is 12.4 Å². The highest BCUT2D eigenvalue weighted by molar-refractivity contribution is 7.90. The molecular formula is C14H14O3S. The predicted molar refractivity (Wildman–Crippen MR) is 69.7 cm³/mol. The van der Waals surface area contributed by atoms with Crippen molar-refractivity contribution in [1.29, 1.82) is 0 Å². The first-order chi connectivity index (χ1) is 8.63. The van der Waals surface area contributed by atoms with Crippen LogP contribution in [-0.2, 0) is 22.2 Å². The Kier molecular flexibility index (Phi) is 3.79. The summed E-state index contributed by atoms with van der Waals surface area (Å²) in [6.07, 6.45) is 0. The summed E-state index contributed by atoms with van der Waals surface area (Å²) in [5.74, 6) is -0.0895. The molecule has 0 aliphatic carbocycles. The maximum Gasteiger partial charge on any atom is 0.182 e. The monoisotopic (exact) mass is 262 g/mol. The number of hydrogen-bond donors (Lipinski definition) is 1. The molecule has 2 aromatic rings. The van der Waals surface area contributed by atoms with Crippen LogP contribution in [0, 0.1) is 0 Å². The Morgan fingerprint density at radius 3 is 2.00 bits per heavy atom. The normalized spacial score (nSPS) is 11.4. The van der Waals surface area contributed by atoms with Crippen LogP contribution in [0.3, 0.4) is 0 Å². The third-order valence-corrected chi connectivity index (χ3v) is 4.42. The predicted octanol–water partition coefficient (Wildman–Crippen LogP) is 2.15. The summed E-state index contributed by atoms with van der Waals surface area (Å²) in [6, 6.07) is 15.4. The number of hydrogen-bond acceptors (Lipinski definition) is 3. The number of aliphatic hydroxyl groups is 1. The largest absolute Gasteiger partial charge is 0.392 e. The average Bonchev–Trinajstić information content (AvgIpc) is 2.40. The zero-order valence-corrected chi connectivity index (χ0v) is 10.6. The smallest absolute Gasteiger partial charge is 0.182 e. The third-order valence-electron chi connectivity index (χ3n) is 2.74. The topological polar surface area (TPSA) is 54.4 Å². The van der Waals surface area contributed by atoms with Crippen LogP contribution in [0.2, 0.25) is 0 Å². The van der Waals surface area contributed by atoms with Crippen molar-refractivity contribution in [2.75, 3.05) is 0 Å². The molecule has 0 aliphatic heterocycles. The Bertz CT molecular complexity index is 618. The van der Waals surface area contributed by atoms with Crippen LogP contribution in [0.15, 0.2) is 59.5 Å². The minimum absolute atomic E-state index is 0.0895. The summed E-state index contributed by atoms with van der Waals surface area (Å²) in [5, 5.41) is 9.19. The molecule has 0 atom stereocenters. The van der Waals surface area contributed by atoms with E-state index >= 15 is 0 Å². The van der Waals surface area contributed by atoms with Gasteiger partial charge in [0, 0.05) is 0 Å². The summed E-state index contributed by atoms with van der Waals surface area (Å²) in [4.78, 5) is 0.303. The van der Waals surface area contributed by atoms with E-state index < -0.39 is 9.84 Å². The molecule has 1 N–H and O–H groups in total. The molecule has 0 fully saturated rings. The van der Waals surface area contributed by atoms with Gasteiger partial charge < -0.3 is 5.11 Å². The van der Waals surface area contributed by atoms with Gasteiger partial charge in [-0.25, -0.2) is 8.42 Å². The number of rotatable bonds is 4. The molecule has 0 aliphatic rings. The summed E-state index contributed by atoms with van der Waals surface area (Å²) < 4.78 is 24.4. The van der Waals surface area contributed by atoms with Crippen molar-refractivity contribution < 1.29 is 13.5 Å². The van der Waals surface area contributed by atoms with Crippen molar-refractivity contribution in [2.24, 2.45) is 0 Å². The highest BCUT2D eigenvalue weighted by atomic mass is 32.2. The molecule has 2 rings (SSSR count). The lowest BCUT2D eigenvalue weighted by molar-refractivity contribution is 0.281. The summed E-state index contributed by atoms with van der Waals surface area (Å²) in [7, 11) is -3.36. The maximum absolute atomic E-state index is 12.2. The fourth-order valence-corrected chi connectivity index (χ4v) is 3.20. The highest BCUT2D eigenvalue weighted by Gasteiger charge is 2.16. The van der Waals surface area contributed by atoms with Gasteiger partial charge in [-0.1, -0.05) is 42.5 Å². The van der Waals surface area contributed by atoms with Crippen LogP contribution in [0.25, 0.3) is 0 Å². The van der Waals surface area contributed by atoms with Crippen molar-refractivity contribution in [3.63, 3.8) is 0 Å². The lowest BCUT2D eigenvalue weighted by atomic mass is 10.1. The average molecular weight is 262 g/mol. The molecule has 0 radical (unpaired) electrons. The van der Waals surface area contributed by atoms with Crippen molar-refractivity contribution in [1.82, 2.24) is 0 Å². The molecule has 0 aromatic heterocycles. The molecule has 0 unspecified atom stereocenters. The molecule has 0 amide bonds. The Balaban J connectivity index is 2.34. The molecule has 18 heavy (non-hydrogen) atoms. The third kappa shape index (κ3) is 2.78. The quantitative estimate of drug-likeness (QED) is 0.918. The number of sulfone groups is 1. The van der Waals surface area contributed by atoms with E-state index in [9.17, 15) is 13.5 Å². The highest BCUT2D eigenvalue weighted by Crippen LogP contribution is 2.18. The molecule has 4 heteroatoms. The van der Waals surface area contributed by atoms with Gasteiger partial charge in [-0.3, -0.25) is 0 Å². The van der Waals surface area contributed by atoms with E-state index in [4.69, 9.17) is 0 Å². The van der Waals surface area contributed by atoms with Gasteiger partial charge >= 0.3 is 0 Å². The minimum atomic E-state index is -3.36. The zero-order valence-electron chi connectivity index (χ0n) is 9.78. The second kappa shape index (κ2) is 5.33. The van der Waals surface area contributed by atoms with Gasteiger partial charge in [-0.15, -0.1) is 0 Å². The molecular weight excluding hydrogens is 248 g/mol. The van der Waals surface area contributed by atoms with Gasteiger partial charge in [0.05, 0.1) is 17.3 Å². The lowest BCUT2D eigenvalue weighted by Crippen LogP contribution is -2.07. The van der Waals surface area contributed by atoms with E-state index in [1.807, 2.05) is 0 Å². The second-order valence-electron chi connectivity index (χ2n) is 4.00. The maximum atomic E-state index is 12.2. The Labute approximate surface area is 107 Å². The molecule has 0 saturated heterocycles. The van der Waals surface area contributed by atoms with Crippen LogP contribution >= 0.6 is 0 Å². The van der Waals surface area contributed by atoms with Crippen molar-refractivity contribution in [3.05, 3.63) is 65.7 Å². The van der Waals surface area contributed by atoms with Crippen LogP contribution in [0.5, 0.6) is 0 Å². The van der Waals surface area contributed by atoms with Crippen LogP contribution in [-0.4, -0.2) is 13.5 Å². The Morgan fingerprint density at radius 1 is 0.833 bits per heavy atom. The van der Waals surface area contributed by atoms with E-state index in [1.165, 1.54) is 0 Å². The van der Waals surface area contributed by atoms with Crippen LogP contribution in [0.1, 0.15) is 11.1 Å². The SMILES string of the molecule is O=S(=O)(Cc1ccccc1CO)c1ccccc1. The molecule has 0 heterocycles. The molecule has 0 spiro atoms. The fraction of sp³-hybridized carbons (Fsp3) is 0.143. The summed E-state index contributed by atoms with van der Waals surface area (Å²) in [6.45, 7) is -0.152. The van der Waals surface area contributed by atoms with E-state index in [1.54, 1.807) is 54.6 Å². The number of benzene rings is 2. The standard InChI is InChI=1S/C14H14O3S/c15-10-12-6-4-5-7-13(12)11-18(16,17)14-8-2-1-3-9-14/h1-9,15H,10-11H2. The zero-order chi connectivity index (χ0) is 13.0. The first-order valence-corrected chi connectivity index (χ1v) is 7.24. The molecule has 0 saturated carbocycles. The van der Waals surface area contributed by atoms with E-state index in [0.29, 0.717) is 16.0 Å². The molecule has 3 nitrogen and oxygen atoms in total. The fourth-order valence-electron chi connectivity index (χ4n) is 1.77. The van der Waals surface area contributed by atoms with Gasteiger partial charge in [0.15, 0.2) is 9.84 Å². The van der Waals surface area contributed by atoms with Crippen molar-refractivity contribution in [3.8, 4) is 0 Å². The van der Waals surface area contributed by atoms with Gasteiger partial charge in [-0.05, 0) is 23.3 Å². The van der Waals surface area contributed by atoms with Crippen molar-refractivity contribution in [2.45, 2.75) is 17.3 Å².